The molecule has 4 aromatic rings. The van der Waals surface area contributed by atoms with Crippen molar-refractivity contribution >= 4 is 33.8 Å². The minimum atomic E-state index is -2.94. The second-order valence-corrected chi connectivity index (χ2v) is 8.61. The van der Waals surface area contributed by atoms with Crippen LogP contribution in [-0.2, 0) is 24.7 Å². The first-order chi connectivity index (χ1) is 11.8. The third-order valence-corrected chi connectivity index (χ3v) is 7.77. The predicted octanol–water partition coefficient (Wildman–Crippen LogP) is 3.65. The van der Waals surface area contributed by atoms with Gasteiger partial charge in [0.05, 0.1) is 0 Å². The largest absolute Gasteiger partial charge is 0.319 e. The van der Waals surface area contributed by atoms with Crippen LogP contribution in [0.25, 0.3) is 22.0 Å². The Morgan fingerprint density at radius 1 is 0.840 bits per heavy atom. The molecular formula is C21H13IrNOP-. The number of pyridine rings is 1. The van der Waals surface area contributed by atoms with E-state index in [4.69, 9.17) is 0 Å². The molecule has 2 nitrogen and oxygen atoms in total. The van der Waals surface area contributed by atoms with Gasteiger partial charge in [0.25, 0.3) is 0 Å². The van der Waals surface area contributed by atoms with Crippen molar-refractivity contribution in [2.24, 2.45) is 0 Å². The van der Waals surface area contributed by atoms with Crippen molar-refractivity contribution in [2.45, 2.75) is 0 Å². The first-order valence-corrected chi connectivity index (χ1v) is 9.56. The van der Waals surface area contributed by atoms with E-state index in [-0.39, 0.29) is 20.1 Å². The molecule has 25 heavy (non-hydrogen) atoms. The van der Waals surface area contributed by atoms with Crippen LogP contribution in [0.2, 0.25) is 0 Å². The molecule has 0 fully saturated rings. The molecule has 4 heteroatoms. The van der Waals surface area contributed by atoms with Gasteiger partial charge in [-0.05, 0) is 22.5 Å². The molecule has 0 saturated carbocycles. The predicted molar refractivity (Wildman–Crippen MR) is 99.0 cm³/mol. The smallest absolute Gasteiger partial charge is 0.134 e. The zero-order chi connectivity index (χ0) is 16.1. The van der Waals surface area contributed by atoms with Crippen LogP contribution < -0.4 is 15.9 Å². The summed E-state index contributed by atoms with van der Waals surface area (Å²) in [6.07, 6.45) is 1.81. The SMILES string of the molecule is O=P1(c2ccccc2)c2ccc[c-]c2-c2nccc3cccc1c23.[Ir]. The molecule has 2 heterocycles. The average Bonchev–Trinajstić information content (AvgIpc) is 2.66. The van der Waals surface area contributed by atoms with Gasteiger partial charge in [-0.15, -0.1) is 29.8 Å². The Balaban J connectivity index is 0.00000157. The fourth-order valence-corrected chi connectivity index (χ4v) is 6.62. The van der Waals surface area contributed by atoms with Gasteiger partial charge in [-0.2, -0.15) is 0 Å². The molecule has 1 unspecified atom stereocenters. The Morgan fingerprint density at radius 2 is 1.64 bits per heavy atom. The molecular weight excluding hydrogens is 505 g/mol. The van der Waals surface area contributed by atoms with Crippen LogP contribution in [0.4, 0.5) is 0 Å². The van der Waals surface area contributed by atoms with Gasteiger partial charge in [0, 0.05) is 36.9 Å². The van der Waals surface area contributed by atoms with Crippen LogP contribution in [0.15, 0.2) is 79.0 Å². The molecule has 1 aliphatic heterocycles. The van der Waals surface area contributed by atoms with E-state index in [1.165, 1.54) is 0 Å². The van der Waals surface area contributed by atoms with Crippen LogP contribution in [0.1, 0.15) is 0 Å². The van der Waals surface area contributed by atoms with Gasteiger partial charge in [0.15, 0.2) is 0 Å². The Kier molecular flexibility index (Phi) is 3.96. The van der Waals surface area contributed by atoms with Crippen LogP contribution in [0, 0.1) is 6.07 Å². The summed E-state index contributed by atoms with van der Waals surface area (Å²) in [6, 6.07) is 26.7. The maximum Gasteiger partial charge on any atom is 0.134 e. The molecule has 0 bridgehead atoms. The summed E-state index contributed by atoms with van der Waals surface area (Å²) in [5.41, 5.74) is 1.73. The number of fused-ring (bicyclic) bond motifs is 2. The van der Waals surface area contributed by atoms with E-state index in [1.54, 1.807) is 0 Å². The first-order valence-electron chi connectivity index (χ1n) is 7.86. The van der Waals surface area contributed by atoms with Crippen molar-refractivity contribution in [2.75, 3.05) is 0 Å². The van der Waals surface area contributed by atoms with Crippen molar-refractivity contribution in [3.63, 3.8) is 0 Å². The molecule has 0 aliphatic carbocycles. The average molecular weight is 519 g/mol. The van der Waals surface area contributed by atoms with Crippen LogP contribution in [0.5, 0.6) is 0 Å². The summed E-state index contributed by atoms with van der Waals surface area (Å²) in [5, 5.41) is 4.61. The third kappa shape index (κ3) is 2.20. The number of hydrogen-bond acceptors (Lipinski definition) is 2. The van der Waals surface area contributed by atoms with Gasteiger partial charge in [0.1, 0.15) is 7.14 Å². The van der Waals surface area contributed by atoms with E-state index in [0.29, 0.717) is 0 Å². The molecule has 123 valence electrons. The topological polar surface area (TPSA) is 30.0 Å². The maximum absolute atomic E-state index is 14.4. The zero-order valence-corrected chi connectivity index (χ0v) is 16.4. The van der Waals surface area contributed by atoms with Crippen molar-refractivity contribution in [3.8, 4) is 11.3 Å². The second kappa shape index (κ2) is 6.04. The van der Waals surface area contributed by atoms with Crippen molar-refractivity contribution in [3.05, 3.63) is 85.1 Å². The standard InChI is InChI=1S/C21H13NOP.Ir/c23-24(16-8-2-1-3-9-16)18-11-5-4-10-17(18)21-20-15(13-14-22-21)7-6-12-19(20)24;/h1-9,11-14H;/q-1;. The molecule has 0 spiro atoms. The van der Waals surface area contributed by atoms with Crippen LogP contribution in [0.3, 0.4) is 0 Å². The van der Waals surface area contributed by atoms with Gasteiger partial charge >= 0.3 is 0 Å². The van der Waals surface area contributed by atoms with E-state index in [2.05, 4.69) is 11.1 Å². The monoisotopic (exact) mass is 519 g/mol. The molecule has 3 aromatic carbocycles. The van der Waals surface area contributed by atoms with Gasteiger partial charge in [-0.25, -0.2) is 0 Å². The number of rotatable bonds is 1. The summed E-state index contributed by atoms with van der Waals surface area (Å²) in [7, 11) is -2.94. The molecule has 1 radical (unpaired) electrons. The fraction of sp³-hybridized carbons (Fsp3) is 0. The minimum absolute atomic E-state index is 0. The van der Waals surface area contributed by atoms with E-state index in [9.17, 15) is 4.57 Å². The van der Waals surface area contributed by atoms with Crippen LogP contribution in [-0.4, -0.2) is 4.98 Å². The molecule has 0 saturated heterocycles. The van der Waals surface area contributed by atoms with Gasteiger partial charge in [-0.3, -0.25) is 0 Å². The van der Waals surface area contributed by atoms with E-state index in [0.717, 1.165) is 37.9 Å². The second-order valence-electron chi connectivity index (χ2n) is 5.91. The first kappa shape index (κ1) is 16.4. The number of hydrogen-bond donors (Lipinski definition) is 0. The summed E-state index contributed by atoms with van der Waals surface area (Å²) >= 11 is 0. The molecule has 1 aromatic heterocycles. The summed E-state index contributed by atoms with van der Waals surface area (Å²) < 4.78 is 14.4. The van der Waals surface area contributed by atoms with E-state index < -0.39 is 7.14 Å². The van der Waals surface area contributed by atoms with Crippen molar-refractivity contribution < 1.29 is 24.7 Å². The Bertz CT molecular complexity index is 1140. The molecule has 1 atom stereocenters. The normalized spacial score (nSPS) is 17.6. The molecule has 0 N–H and O–H groups in total. The van der Waals surface area contributed by atoms with Crippen molar-refractivity contribution in [1.29, 1.82) is 0 Å². The Morgan fingerprint density at radius 3 is 2.48 bits per heavy atom. The summed E-state index contributed by atoms with van der Waals surface area (Å²) in [5.74, 6) is 0. The van der Waals surface area contributed by atoms with Gasteiger partial charge in [-0.1, -0.05) is 53.8 Å². The number of aromatic nitrogens is 1. The maximum atomic E-state index is 14.4. The number of benzene rings is 3. The van der Waals surface area contributed by atoms with E-state index in [1.807, 2.05) is 79.0 Å². The van der Waals surface area contributed by atoms with Gasteiger partial charge < -0.3 is 9.55 Å². The Labute approximate surface area is 159 Å². The van der Waals surface area contributed by atoms with E-state index >= 15 is 0 Å². The Hall–Kier alpha value is -2.05. The molecule has 0 amide bonds. The quantitative estimate of drug-likeness (QED) is 0.251. The minimum Gasteiger partial charge on any atom is -0.319 e. The summed E-state index contributed by atoms with van der Waals surface area (Å²) in [6.45, 7) is 0. The molecule has 5 rings (SSSR count). The fourth-order valence-electron chi connectivity index (χ4n) is 3.59. The number of nitrogens with zero attached hydrogens (tertiary/aromatic N) is 1. The van der Waals surface area contributed by atoms with Crippen molar-refractivity contribution in [1.82, 2.24) is 4.98 Å². The van der Waals surface area contributed by atoms with Gasteiger partial charge in [0.2, 0.25) is 0 Å². The van der Waals surface area contributed by atoms with Crippen LogP contribution >= 0.6 is 7.14 Å². The molecule has 1 aliphatic rings. The zero-order valence-electron chi connectivity index (χ0n) is 13.1. The third-order valence-electron chi connectivity index (χ3n) is 4.64. The summed E-state index contributed by atoms with van der Waals surface area (Å²) in [4.78, 5) is 4.59.